The minimum absolute atomic E-state index is 0.0272. The molecule has 1 aliphatic rings. The highest BCUT2D eigenvalue weighted by Crippen LogP contribution is 2.25. The summed E-state index contributed by atoms with van der Waals surface area (Å²) in [7, 11) is 0. The number of nitrogens with one attached hydrogen (secondary N) is 1. The normalized spacial score (nSPS) is 17.3. The molecule has 1 fully saturated rings. The van der Waals surface area contributed by atoms with Crippen LogP contribution in [-0.2, 0) is 0 Å². The second kappa shape index (κ2) is 3.95. The first-order chi connectivity index (χ1) is 6.77. The topological polar surface area (TPSA) is 12.0 Å². The third kappa shape index (κ3) is 1.86. The first kappa shape index (κ1) is 9.44. The van der Waals surface area contributed by atoms with Crippen LogP contribution in [0.5, 0.6) is 0 Å². The van der Waals surface area contributed by atoms with Crippen LogP contribution in [0.2, 0.25) is 0 Å². The average molecular weight is 197 g/mol. The largest absolute Gasteiger partial charge is 0.378 e. The first-order valence-electron chi connectivity index (χ1n) is 4.98. The second-order valence-electron chi connectivity index (χ2n) is 3.72. The van der Waals surface area contributed by atoms with E-state index in [4.69, 9.17) is 0 Å². The maximum absolute atomic E-state index is 13.2. The quantitative estimate of drug-likeness (QED) is 0.766. The van der Waals surface area contributed by atoms with E-state index in [1.54, 1.807) is 0 Å². The van der Waals surface area contributed by atoms with Crippen molar-refractivity contribution in [1.82, 2.24) is 0 Å². The molecule has 14 heavy (non-hydrogen) atoms. The van der Waals surface area contributed by atoms with Crippen molar-refractivity contribution in [2.45, 2.75) is 31.7 Å². The van der Waals surface area contributed by atoms with E-state index in [1.165, 1.54) is 18.2 Å². The van der Waals surface area contributed by atoms with Gasteiger partial charge in [-0.3, -0.25) is 0 Å². The molecule has 3 heteroatoms. The van der Waals surface area contributed by atoms with Crippen LogP contribution in [0.4, 0.5) is 14.5 Å². The summed E-state index contributed by atoms with van der Waals surface area (Å²) < 4.78 is 26.4. The fourth-order valence-electron chi connectivity index (χ4n) is 1.91. The number of rotatable bonds is 2. The zero-order valence-electron chi connectivity index (χ0n) is 7.89. The lowest BCUT2D eigenvalue weighted by molar-refractivity contribution is 0.581. The highest BCUT2D eigenvalue weighted by molar-refractivity contribution is 5.46. The molecule has 76 valence electrons. The Morgan fingerprint density at radius 2 is 1.64 bits per heavy atom. The van der Waals surface area contributed by atoms with Gasteiger partial charge in [-0.25, -0.2) is 8.78 Å². The molecule has 0 unspecified atom stereocenters. The van der Waals surface area contributed by atoms with Crippen LogP contribution in [0, 0.1) is 11.6 Å². The summed E-state index contributed by atoms with van der Waals surface area (Å²) >= 11 is 0. The lowest BCUT2D eigenvalue weighted by atomic mass is 10.2. The Balaban J connectivity index is 2.14. The molecule has 1 aromatic carbocycles. The van der Waals surface area contributed by atoms with E-state index in [2.05, 4.69) is 5.32 Å². The van der Waals surface area contributed by atoms with Gasteiger partial charge in [0.1, 0.15) is 17.3 Å². The standard InChI is InChI=1S/C11H13F2N/c12-9-6-3-7-10(13)11(9)14-8-4-1-2-5-8/h3,6-8,14H,1-2,4-5H2. The number of anilines is 1. The van der Waals surface area contributed by atoms with Gasteiger partial charge < -0.3 is 5.32 Å². The van der Waals surface area contributed by atoms with Crippen molar-refractivity contribution < 1.29 is 8.78 Å². The zero-order chi connectivity index (χ0) is 9.97. The van der Waals surface area contributed by atoms with Gasteiger partial charge in [0.2, 0.25) is 0 Å². The van der Waals surface area contributed by atoms with Crippen molar-refractivity contribution in [3.8, 4) is 0 Å². The molecule has 1 N–H and O–H groups in total. The fourth-order valence-corrected chi connectivity index (χ4v) is 1.91. The molecule has 2 rings (SSSR count). The zero-order valence-corrected chi connectivity index (χ0v) is 7.89. The first-order valence-corrected chi connectivity index (χ1v) is 4.98. The van der Waals surface area contributed by atoms with Crippen LogP contribution in [-0.4, -0.2) is 6.04 Å². The molecule has 0 amide bonds. The molecule has 0 radical (unpaired) electrons. The number of para-hydroxylation sites is 1. The Kier molecular flexibility index (Phi) is 2.66. The molecular formula is C11H13F2N. The molecule has 0 spiro atoms. The Bertz CT molecular complexity index is 299. The van der Waals surface area contributed by atoms with Crippen LogP contribution in [0.3, 0.4) is 0 Å². The molecule has 0 heterocycles. The summed E-state index contributed by atoms with van der Waals surface area (Å²) in [4.78, 5) is 0. The molecule has 0 aromatic heterocycles. The van der Waals surface area contributed by atoms with Gasteiger partial charge in [0, 0.05) is 6.04 Å². The van der Waals surface area contributed by atoms with E-state index in [-0.39, 0.29) is 11.7 Å². The minimum atomic E-state index is -0.503. The van der Waals surface area contributed by atoms with Crippen molar-refractivity contribution in [3.63, 3.8) is 0 Å². The van der Waals surface area contributed by atoms with Crippen molar-refractivity contribution in [1.29, 1.82) is 0 Å². The average Bonchev–Trinajstić information content (AvgIpc) is 2.64. The Morgan fingerprint density at radius 3 is 2.21 bits per heavy atom. The Labute approximate surface area is 82.1 Å². The minimum Gasteiger partial charge on any atom is -0.378 e. The predicted octanol–water partition coefficient (Wildman–Crippen LogP) is 3.32. The van der Waals surface area contributed by atoms with Crippen LogP contribution in [0.15, 0.2) is 18.2 Å². The number of benzene rings is 1. The Hall–Kier alpha value is -1.12. The molecule has 0 aliphatic heterocycles. The van der Waals surface area contributed by atoms with Crippen molar-refractivity contribution in [2.75, 3.05) is 5.32 Å². The summed E-state index contributed by atoms with van der Waals surface area (Å²) in [5, 5.41) is 2.93. The van der Waals surface area contributed by atoms with Gasteiger partial charge in [0.05, 0.1) is 0 Å². The van der Waals surface area contributed by atoms with Crippen LogP contribution in [0.25, 0.3) is 0 Å². The predicted molar refractivity (Wildman–Crippen MR) is 52.2 cm³/mol. The van der Waals surface area contributed by atoms with Crippen LogP contribution >= 0.6 is 0 Å². The molecule has 0 saturated heterocycles. The van der Waals surface area contributed by atoms with Crippen molar-refractivity contribution in [2.24, 2.45) is 0 Å². The lowest BCUT2D eigenvalue weighted by Crippen LogP contribution is -2.16. The van der Waals surface area contributed by atoms with E-state index >= 15 is 0 Å². The van der Waals surface area contributed by atoms with E-state index in [0.29, 0.717) is 0 Å². The van der Waals surface area contributed by atoms with E-state index in [0.717, 1.165) is 25.7 Å². The highest BCUT2D eigenvalue weighted by atomic mass is 19.1. The SMILES string of the molecule is Fc1cccc(F)c1NC1CCCC1. The van der Waals surface area contributed by atoms with E-state index in [1.807, 2.05) is 0 Å². The third-order valence-corrected chi connectivity index (χ3v) is 2.67. The summed E-state index contributed by atoms with van der Waals surface area (Å²) in [6.07, 6.45) is 4.31. The fraction of sp³-hybridized carbons (Fsp3) is 0.455. The van der Waals surface area contributed by atoms with Gasteiger partial charge in [-0.2, -0.15) is 0 Å². The molecule has 1 aliphatic carbocycles. The van der Waals surface area contributed by atoms with Gasteiger partial charge >= 0.3 is 0 Å². The van der Waals surface area contributed by atoms with Crippen molar-refractivity contribution in [3.05, 3.63) is 29.8 Å². The summed E-state index contributed by atoms with van der Waals surface area (Å²) in [6.45, 7) is 0. The second-order valence-corrected chi connectivity index (χ2v) is 3.72. The molecule has 1 aromatic rings. The number of hydrogen-bond donors (Lipinski definition) is 1. The molecule has 0 atom stereocenters. The van der Waals surface area contributed by atoms with E-state index < -0.39 is 11.6 Å². The molecular weight excluding hydrogens is 184 g/mol. The molecule has 1 nitrogen and oxygen atoms in total. The van der Waals surface area contributed by atoms with Gasteiger partial charge in [-0.1, -0.05) is 18.9 Å². The Morgan fingerprint density at radius 1 is 1.07 bits per heavy atom. The van der Waals surface area contributed by atoms with Gasteiger partial charge in [0.15, 0.2) is 0 Å². The highest BCUT2D eigenvalue weighted by Gasteiger charge is 2.17. The molecule has 1 saturated carbocycles. The maximum Gasteiger partial charge on any atom is 0.149 e. The van der Waals surface area contributed by atoms with Crippen LogP contribution < -0.4 is 5.32 Å². The molecule has 0 bridgehead atoms. The number of halogens is 2. The van der Waals surface area contributed by atoms with Gasteiger partial charge in [-0.05, 0) is 25.0 Å². The third-order valence-electron chi connectivity index (χ3n) is 2.67. The van der Waals surface area contributed by atoms with Crippen molar-refractivity contribution >= 4 is 5.69 Å². The summed E-state index contributed by atoms with van der Waals surface area (Å²) in [5.74, 6) is -1.01. The number of hydrogen-bond acceptors (Lipinski definition) is 1. The monoisotopic (exact) mass is 197 g/mol. The maximum atomic E-state index is 13.2. The van der Waals surface area contributed by atoms with Gasteiger partial charge in [-0.15, -0.1) is 0 Å². The smallest absolute Gasteiger partial charge is 0.149 e. The summed E-state index contributed by atoms with van der Waals surface area (Å²) in [6, 6.07) is 4.17. The lowest BCUT2D eigenvalue weighted by Gasteiger charge is -2.14. The van der Waals surface area contributed by atoms with E-state index in [9.17, 15) is 8.78 Å². The van der Waals surface area contributed by atoms with Crippen LogP contribution in [0.1, 0.15) is 25.7 Å². The summed E-state index contributed by atoms with van der Waals surface area (Å²) in [5.41, 5.74) is 0.0272. The van der Waals surface area contributed by atoms with Gasteiger partial charge in [0.25, 0.3) is 0 Å².